The Morgan fingerprint density at radius 2 is 1.73 bits per heavy atom. The summed E-state index contributed by atoms with van der Waals surface area (Å²) in [6, 6.07) is 9.32. The van der Waals surface area contributed by atoms with E-state index in [4.69, 9.17) is 16.3 Å². The maximum absolute atomic E-state index is 11.9. The molecular formula is C16H21ClN2O3. The van der Waals surface area contributed by atoms with Gasteiger partial charge in [0.25, 0.3) is 0 Å². The van der Waals surface area contributed by atoms with Crippen molar-refractivity contribution in [3.63, 3.8) is 0 Å². The van der Waals surface area contributed by atoms with Crippen molar-refractivity contribution in [2.24, 2.45) is 0 Å². The first-order valence-corrected chi connectivity index (χ1v) is 8.05. The molecule has 1 fully saturated rings. The molecule has 0 radical (unpaired) electrons. The number of ether oxygens (including phenoxy) is 1. The molecule has 2 rings (SSSR count). The summed E-state index contributed by atoms with van der Waals surface area (Å²) >= 11 is 5.52. The fourth-order valence-corrected chi connectivity index (χ4v) is 2.72. The third-order valence-electron chi connectivity index (χ3n) is 3.75. The molecule has 1 aromatic rings. The van der Waals surface area contributed by atoms with Gasteiger partial charge in [-0.15, -0.1) is 11.6 Å². The van der Waals surface area contributed by atoms with Crippen molar-refractivity contribution in [2.45, 2.75) is 44.4 Å². The largest absolute Gasteiger partial charge is 0.445 e. The fourth-order valence-electron chi connectivity index (χ4n) is 2.64. The predicted octanol–water partition coefficient (Wildman–Crippen LogP) is 2.58. The van der Waals surface area contributed by atoms with Crippen molar-refractivity contribution in [3.05, 3.63) is 35.9 Å². The van der Waals surface area contributed by atoms with Gasteiger partial charge in [-0.25, -0.2) is 4.79 Å². The molecule has 1 aliphatic rings. The quantitative estimate of drug-likeness (QED) is 0.818. The third-order valence-corrected chi connectivity index (χ3v) is 3.99. The summed E-state index contributed by atoms with van der Waals surface area (Å²) in [5.41, 5.74) is 0.938. The number of hydrogen-bond acceptors (Lipinski definition) is 3. The maximum atomic E-state index is 11.9. The Bertz CT molecular complexity index is 495. The zero-order valence-corrected chi connectivity index (χ0v) is 13.1. The molecule has 6 heteroatoms. The average molecular weight is 325 g/mol. The maximum Gasteiger partial charge on any atom is 0.407 e. The Hall–Kier alpha value is -1.75. The van der Waals surface area contributed by atoms with Gasteiger partial charge in [0, 0.05) is 6.04 Å². The topological polar surface area (TPSA) is 67.4 Å². The van der Waals surface area contributed by atoms with Crippen LogP contribution in [0.1, 0.15) is 31.2 Å². The molecule has 0 aromatic heterocycles. The number of benzene rings is 1. The van der Waals surface area contributed by atoms with Crippen LogP contribution in [0.4, 0.5) is 4.79 Å². The van der Waals surface area contributed by atoms with Crippen LogP contribution in [0.15, 0.2) is 30.3 Å². The van der Waals surface area contributed by atoms with Gasteiger partial charge in [0.1, 0.15) is 12.5 Å². The van der Waals surface area contributed by atoms with E-state index < -0.39 is 6.09 Å². The molecule has 1 aromatic carbocycles. The molecule has 2 atom stereocenters. The van der Waals surface area contributed by atoms with Crippen molar-refractivity contribution in [2.75, 3.05) is 5.88 Å². The predicted molar refractivity (Wildman–Crippen MR) is 84.7 cm³/mol. The lowest BCUT2D eigenvalue weighted by atomic mass is 9.90. The van der Waals surface area contributed by atoms with Crippen LogP contribution in [-0.2, 0) is 16.1 Å². The molecule has 1 saturated carbocycles. The van der Waals surface area contributed by atoms with Crippen LogP contribution in [0.25, 0.3) is 0 Å². The van der Waals surface area contributed by atoms with Crippen LogP contribution in [0, 0.1) is 0 Å². The van der Waals surface area contributed by atoms with Gasteiger partial charge in [-0.05, 0) is 18.4 Å². The van der Waals surface area contributed by atoms with Crippen molar-refractivity contribution in [1.29, 1.82) is 0 Å². The Labute approximate surface area is 135 Å². The Morgan fingerprint density at radius 3 is 2.36 bits per heavy atom. The SMILES string of the molecule is O=C(CCl)NC1CCCCC1NC(=O)OCc1ccccc1. The van der Waals surface area contributed by atoms with E-state index in [1.165, 1.54) is 0 Å². The molecule has 2 unspecified atom stereocenters. The lowest BCUT2D eigenvalue weighted by Crippen LogP contribution is -2.53. The van der Waals surface area contributed by atoms with Crippen LogP contribution in [0.5, 0.6) is 0 Å². The van der Waals surface area contributed by atoms with Gasteiger partial charge < -0.3 is 15.4 Å². The molecule has 2 amide bonds. The van der Waals surface area contributed by atoms with Gasteiger partial charge in [-0.2, -0.15) is 0 Å². The van der Waals surface area contributed by atoms with Crippen molar-refractivity contribution < 1.29 is 14.3 Å². The number of halogens is 1. The highest BCUT2D eigenvalue weighted by molar-refractivity contribution is 6.27. The molecule has 0 spiro atoms. The van der Waals surface area contributed by atoms with Crippen LogP contribution >= 0.6 is 11.6 Å². The Morgan fingerprint density at radius 1 is 1.09 bits per heavy atom. The van der Waals surface area contributed by atoms with E-state index in [2.05, 4.69) is 10.6 Å². The molecular weight excluding hydrogens is 304 g/mol. The average Bonchev–Trinajstić information content (AvgIpc) is 2.55. The summed E-state index contributed by atoms with van der Waals surface area (Å²) in [5.74, 6) is -0.278. The summed E-state index contributed by atoms with van der Waals surface area (Å²) in [6.45, 7) is 0.234. The number of nitrogens with one attached hydrogen (secondary N) is 2. The van der Waals surface area contributed by atoms with E-state index in [1.807, 2.05) is 30.3 Å². The van der Waals surface area contributed by atoms with E-state index in [1.54, 1.807) is 0 Å². The highest BCUT2D eigenvalue weighted by Gasteiger charge is 2.27. The zero-order valence-electron chi connectivity index (χ0n) is 12.4. The number of alkyl halides is 1. The lowest BCUT2D eigenvalue weighted by molar-refractivity contribution is -0.119. The number of amides is 2. The number of hydrogen-bond donors (Lipinski definition) is 2. The van der Waals surface area contributed by atoms with Crippen LogP contribution in [0.3, 0.4) is 0 Å². The second kappa shape index (κ2) is 8.63. The standard InChI is InChI=1S/C16H21ClN2O3/c17-10-15(20)18-13-8-4-5-9-14(13)19-16(21)22-11-12-6-2-1-3-7-12/h1-3,6-7,13-14H,4-5,8-11H2,(H,18,20)(H,19,21). The highest BCUT2D eigenvalue weighted by atomic mass is 35.5. The summed E-state index contributed by atoms with van der Waals surface area (Å²) in [4.78, 5) is 23.3. The van der Waals surface area contributed by atoms with Crippen LogP contribution in [-0.4, -0.2) is 30.0 Å². The number of alkyl carbamates (subject to hydrolysis) is 1. The van der Waals surface area contributed by atoms with Gasteiger partial charge in [0.15, 0.2) is 0 Å². The zero-order chi connectivity index (χ0) is 15.8. The monoisotopic (exact) mass is 324 g/mol. The van der Waals surface area contributed by atoms with E-state index in [9.17, 15) is 9.59 Å². The third kappa shape index (κ3) is 5.22. The van der Waals surface area contributed by atoms with E-state index in [0.717, 1.165) is 31.2 Å². The van der Waals surface area contributed by atoms with E-state index >= 15 is 0 Å². The number of rotatable bonds is 5. The minimum Gasteiger partial charge on any atom is -0.445 e. The van der Waals surface area contributed by atoms with Gasteiger partial charge >= 0.3 is 6.09 Å². The molecule has 1 aliphatic carbocycles. The molecule has 120 valence electrons. The van der Waals surface area contributed by atoms with Gasteiger partial charge in [-0.1, -0.05) is 43.2 Å². The summed E-state index contributed by atoms with van der Waals surface area (Å²) in [5, 5.41) is 5.71. The van der Waals surface area contributed by atoms with Gasteiger partial charge in [-0.3, -0.25) is 4.79 Å². The van der Waals surface area contributed by atoms with Gasteiger partial charge in [0.2, 0.25) is 5.91 Å². The van der Waals surface area contributed by atoms with E-state index in [0.29, 0.717) is 0 Å². The van der Waals surface area contributed by atoms with Crippen molar-refractivity contribution in [3.8, 4) is 0 Å². The minimum absolute atomic E-state index is 0.0678. The Balaban J connectivity index is 1.81. The highest BCUT2D eigenvalue weighted by Crippen LogP contribution is 2.19. The smallest absolute Gasteiger partial charge is 0.407 e. The molecule has 0 bridgehead atoms. The van der Waals surface area contributed by atoms with Crippen LogP contribution < -0.4 is 10.6 Å². The first kappa shape index (κ1) is 16.6. The van der Waals surface area contributed by atoms with Crippen molar-refractivity contribution in [1.82, 2.24) is 10.6 Å². The molecule has 0 heterocycles. The van der Waals surface area contributed by atoms with Gasteiger partial charge in [0.05, 0.1) is 6.04 Å². The fraction of sp³-hybridized carbons (Fsp3) is 0.500. The molecule has 2 N–H and O–H groups in total. The number of carbonyl (C=O) groups excluding carboxylic acids is 2. The first-order valence-electron chi connectivity index (χ1n) is 7.51. The Kier molecular flexibility index (Phi) is 6.52. The van der Waals surface area contributed by atoms with E-state index in [-0.39, 0.29) is 30.5 Å². The molecule has 22 heavy (non-hydrogen) atoms. The number of carbonyl (C=O) groups is 2. The summed E-state index contributed by atoms with van der Waals surface area (Å²) in [7, 11) is 0. The second-order valence-corrected chi connectivity index (χ2v) is 5.67. The molecule has 5 nitrogen and oxygen atoms in total. The lowest BCUT2D eigenvalue weighted by Gasteiger charge is -2.32. The normalized spacial score (nSPS) is 21.0. The molecule has 0 saturated heterocycles. The summed E-state index contributed by atoms with van der Waals surface area (Å²) in [6.07, 6.45) is 3.27. The molecule has 0 aliphatic heterocycles. The minimum atomic E-state index is -0.458. The summed E-state index contributed by atoms with van der Waals surface area (Å²) < 4.78 is 5.22. The van der Waals surface area contributed by atoms with Crippen molar-refractivity contribution >= 4 is 23.6 Å². The second-order valence-electron chi connectivity index (χ2n) is 5.40. The van der Waals surface area contributed by atoms with Crippen LogP contribution in [0.2, 0.25) is 0 Å². The first-order chi connectivity index (χ1) is 10.7.